The van der Waals surface area contributed by atoms with Crippen molar-refractivity contribution in [3.8, 4) is 0 Å². The zero-order valence-corrected chi connectivity index (χ0v) is 19.7. The molecular weight excluding hydrogens is 373 g/mol. The summed E-state index contributed by atoms with van der Waals surface area (Å²) in [6.45, 7) is 17.0. The average molecular weight is 414 g/mol. The molecule has 0 bridgehead atoms. The predicted molar refractivity (Wildman–Crippen MR) is 128 cm³/mol. The second-order valence-corrected chi connectivity index (χ2v) is 9.59. The van der Waals surface area contributed by atoms with Gasteiger partial charge in [-0.1, -0.05) is 31.1 Å². The Balaban J connectivity index is 2.67. The zero-order chi connectivity index (χ0) is 22.5. The fraction of sp³-hybridized carbons (Fsp3) is 0.577. The summed E-state index contributed by atoms with van der Waals surface area (Å²) < 4.78 is 14.0. The van der Waals surface area contributed by atoms with Crippen LogP contribution in [0.4, 0.5) is 4.39 Å². The maximum Gasteiger partial charge on any atom is 0.138 e. The summed E-state index contributed by atoms with van der Waals surface area (Å²) in [6, 6.07) is 0. The van der Waals surface area contributed by atoms with Gasteiger partial charge < -0.3 is 11.1 Å². The normalized spacial score (nSPS) is 33.4. The maximum absolute atomic E-state index is 14.0. The molecule has 0 aromatic heterocycles. The molecule has 0 aromatic rings. The van der Waals surface area contributed by atoms with E-state index < -0.39 is 0 Å². The van der Waals surface area contributed by atoms with Crippen LogP contribution in [-0.2, 0) is 0 Å². The standard InChI is InChI=1S/C26H40FN3/c1-8-11-24-26(14-9-12-23(26)18(2)16-22(27)17-28)15-10-13-25(6,7)30-21(5)19(3)20(4)29-24/h8,11,16-17,23,30H,5,9-10,12-15,28H2,1-4,6-7H3/b11-8-,18-16+,20-19-,22-17+,29-24+. The molecule has 2 unspecified atom stereocenters. The van der Waals surface area contributed by atoms with Gasteiger partial charge in [-0.05, 0) is 90.9 Å². The summed E-state index contributed by atoms with van der Waals surface area (Å²) in [4.78, 5) is 5.16. The second kappa shape index (κ2) is 9.80. The molecule has 0 amide bonds. The highest BCUT2D eigenvalue weighted by Crippen LogP contribution is 2.52. The van der Waals surface area contributed by atoms with Crippen LogP contribution in [0.3, 0.4) is 0 Å². The highest BCUT2D eigenvalue weighted by atomic mass is 19.1. The Hall–Kier alpha value is -2.10. The van der Waals surface area contributed by atoms with Crippen molar-refractivity contribution in [2.24, 2.45) is 22.1 Å². The molecule has 1 heterocycles. The quantitative estimate of drug-likeness (QED) is 0.496. The van der Waals surface area contributed by atoms with E-state index in [4.69, 9.17) is 10.7 Å². The number of nitrogens with zero attached hydrogens (tertiary/aromatic N) is 1. The minimum atomic E-state index is -0.371. The van der Waals surface area contributed by atoms with Crippen LogP contribution in [0, 0.1) is 11.3 Å². The Bertz CT molecular complexity index is 810. The molecule has 166 valence electrons. The highest BCUT2D eigenvalue weighted by Gasteiger charge is 2.46. The van der Waals surface area contributed by atoms with Crippen molar-refractivity contribution in [3.05, 3.63) is 59.4 Å². The van der Waals surface area contributed by atoms with Crippen LogP contribution in [0.25, 0.3) is 0 Å². The summed E-state index contributed by atoms with van der Waals surface area (Å²) in [5, 5.41) is 3.61. The van der Waals surface area contributed by atoms with E-state index in [-0.39, 0.29) is 22.7 Å². The third kappa shape index (κ3) is 5.33. The molecule has 0 aromatic carbocycles. The second-order valence-electron chi connectivity index (χ2n) is 9.59. The molecule has 1 saturated carbocycles. The summed E-state index contributed by atoms with van der Waals surface area (Å²) in [5.41, 5.74) is 10.4. The van der Waals surface area contributed by atoms with E-state index in [1.807, 2.05) is 13.8 Å². The molecule has 1 aliphatic heterocycles. The summed E-state index contributed by atoms with van der Waals surface area (Å²) in [6.07, 6.45) is 13.3. The van der Waals surface area contributed by atoms with Crippen molar-refractivity contribution in [2.45, 2.75) is 85.6 Å². The number of aliphatic imine (C=N–C) groups is 1. The van der Waals surface area contributed by atoms with Crippen molar-refractivity contribution in [2.75, 3.05) is 0 Å². The molecule has 3 N–H and O–H groups in total. The Kier molecular flexibility index (Phi) is 7.90. The van der Waals surface area contributed by atoms with Crippen molar-refractivity contribution >= 4 is 5.71 Å². The number of halogens is 1. The average Bonchev–Trinajstić information content (AvgIpc) is 3.10. The SMILES string of the molecule is C=C1NC(C)(C)CCCC2(CCCC2/C(C)=C/C(F)=C\N)C(/C=C\C)=N/C(C)=C\1C. The molecule has 1 aliphatic carbocycles. The lowest BCUT2D eigenvalue weighted by Crippen LogP contribution is -2.39. The van der Waals surface area contributed by atoms with Crippen molar-refractivity contribution in [1.82, 2.24) is 5.32 Å². The first kappa shape index (κ1) is 24.2. The first-order valence-electron chi connectivity index (χ1n) is 11.2. The molecule has 30 heavy (non-hydrogen) atoms. The van der Waals surface area contributed by atoms with Crippen molar-refractivity contribution in [3.63, 3.8) is 0 Å². The summed E-state index contributed by atoms with van der Waals surface area (Å²) in [7, 11) is 0. The maximum atomic E-state index is 14.0. The monoisotopic (exact) mass is 413 g/mol. The lowest BCUT2D eigenvalue weighted by Gasteiger charge is -2.38. The first-order valence-corrected chi connectivity index (χ1v) is 11.2. The van der Waals surface area contributed by atoms with Gasteiger partial charge in [-0.15, -0.1) is 0 Å². The van der Waals surface area contributed by atoms with Crippen LogP contribution >= 0.6 is 0 Å². The predicted octanol–water partition coefficient (Wildman–Crippen LogP) is 6.87. The van der Waals surface area contributed by atoms with Crippen LogP contribution in [0.15, 0.2) is 64.4 Å². The van der Waals surface area contributed by atoms with E-state index in [0.717, 1.165) is 73.0 Å². The van der Waals surface area contributed by atoms with Crippen molar-refractivity contribution in [1.29, 1.82) is 0 Å². The Morgan fingerprint density at radius 3 is 2.53 bits per heavy atom. The first-order chi connectivity index (χ1) is 14.1. The topological polar surface area (TPSA) is 50.4 Å². The van der Waals surface area contributed by atoms with Gasteiger partial charge in [0.1, 0.15) is 5.83 Å². The smallest absolute Gasteiger partial charge is 0.138 e. The van der Waals surface area contributed by atoms with Gasteiger partial charge >= 0.3 is 0 Å². The van der Waals surface area contributed by atoms with Crippen LogP contribution in [0.5, 0.6) is 0 Å². The highest BCUT2D eigenvalue weighted by molar-refractivity contribution is 6.01. The number of hydrogen-bond acceptors (Lipinski definition) is 3. The molecule has 3 nitrogen and oxygen atoms in total. The van der Waals surface area contributed by atoms with E-state index in [2.05, 4.69) is 51.7 Å². The molecule has 2 atom stereocenters. The summed E-state index contributed by atoms with van der Waals surface area (Å²) >= 11 is 0. The van der Waals surface area contributed by atoms with E-state index in [0.29, 0.717) is 0 Å². The van der Waals surface area contributed by atoms with Gasteiger partial charge in [0.15, 0.2) is 0 Å². The van der Waals surface area contributed by atoms with Gasteiger partial charge in [-0.25, -0.2) is 4.39 Å². The van der Waals surface area contributed by atoms with Crippen LogP contribution in [0.2, 0.25) is 0 Å². The van der Waals surface area contributed by atoms with Gasteiger partial charge in [0.2, 0.25) is 0 Å². The minimum Gasteiger partial charge on any atom is -0.402 e. The third-order valence-corrected chi connectivity index (χ3v) is 6.89. The Morgan fingerprint density at radius 2 is 1.90 bits per heavy atom. The van der Waals surface area contributed by atoms with Gasteiger partial charge in [-0.3, -0.25) is 4.99 Å². The van der Waals surface area contributed by atoms with Crippen LogP contribution in [0.1, 0.15) is 80.1 Å². The summed E-state index contributed by atoms with van der Waals surface area (Å²) in [5.74, 6) is -0.115. The molecule has 1 fully saturated rings. The van der Waals surface area contributed by atoms with Crippen LogP contribution < -0.4 is 11.1 Å². The number of hydrogen-bond donors (Lipinski definition) is 2. The molecular formula is C26H40FN3. The number of rotatable bonds is 3. The van der Waals surface area contributed by atoms with Gasteiger partial charge in [-0.2, -0.15) is 0 Å². The molecule has 2 rings (SSSR count). The molecule has 1 spiro atoms. The molecule has 0 saturated heterocycles. The van der Waals surface area contributed by atoms with E-state index in [1.54, 1.807) is 6.08 Å². The lowest BCUT2D eigenvalue weighted by molar-refractivity contribution is 0.284. The fourth-order valence-electron chi connectivity index (χ4n) is 5.20. The fourth-order valence-corrected chi connectivity index (χ4v) is 5.20. The largest absolute Gasteiger partial charge is 0.402 e. The minimum absolute atomic E-state index is 0.0434. The van der Waals surface area contributed by atoms with Crippen molar-refractivity contribution < 1.29 is 4.39 Å². The van der Waals surface area contributed by atoms with E-state index in [1.165, 1.54) is 0 Å². The van der Waals surface area contributed by atoms with E-state index >= 15 is 0 Å². The van der Waals surface area contributed by atoms with Gasteiger partial charge in [0.25, 0.3) is 0 Å². The van der Waals surface area contributed by atoms with Gasteiger partial charge in [0, 0.05) is 34.3 Å². The molecule has 4 heteroatoms. The van der Waals surface area contributed by atoms with Crippen LogP contribution in [-0.4, -0.2) is 11.3 Å². The number of nitrogens with two attached hydrogens (primary N) is 1. The Morgan fingerprint density at radius 1 is 1.23 bits per heavy atom. The lowest BCUT2D eigenvalue weighted by atomic mass is 9.67. The number of allylic oxidation sites excluding steroid dienone is 7. The third-order valence-electron chi connectivity index (χ3n) is 6.89. The molecule has 0 radical (unpaired) electrons. The Labute approximate surface area is 182 Å². The van der Waals surface area contributed by atoms with Gasteiger partial charge in [0.05, 0.1) is 0 Å². The zero-order valence-electron chi connectivity index (χ0n) is 19.7. The number of nitrogens with one attached hydrogen (secondary N) is 1. The molecule has 2 aliphatic rings. The van der Waals surface area contributed by atoms with E-state index in [9.17, 15) is 4.39 Å².